The van der Waals surface area contributed by atoms with Crippen LogP contribution in [0.5, 0.6) is 0 Å². The minimum Gasteiger partial charge on any atom is -0.395 e. The molecule has 5 heteroatoms. The fourth-order valence-electron chi connectivity index (χ4n) is 1.74. The number of likely N-dealkylation sites (N-methyl/N-ethyl adjacent to an activating group) is 1. The van der Waals surface area contributed by atoms with Crippen LogP contribution >= 0.6 is 11.3 Å². The van der Waals surface area contributed by atoms with E-state index in [4.69, 9.17) is 10.5 Å². The van der Waals surface area contributed by atoms with Crippen molar-refractivity contribution in [1.29, 1.82) is 0 Å². The first-order valence-corrected chi connectivity index (χ1v) is 6.52. The zero-order valence-electron chi connectivity index (χ0n) is 10.1. The number of rotatable bonds is 5. The van der Waals surface area contributed by atoms with Gasteiger partial charge in [-0.25, -0.2) is 4.98 Å². The second-order valence-electron chi connectivity index (χ2n) is 3.82. The maximum atomic E-state index is 6.13. The standard InChI is InChI=1S/C12H17N3OS/c1-3-16-7-6-15(2)9-4-5-10-12(11(9)13)14-8-17-10/h4-5,8H,3,6-7,13H2,1-2H3. The van der Waals surface area contributed by atoms with Crippen molar-refractivity contribution in [3.8, 4) is 0 Å². The summed E-state index contributed by atoms with van der Waals surface area (Å²) < 4.78 is 6.47. The van der Waals surface area contributed by atoms with E-state index in [1.165, 1.54) is 0 Å². The molecule has 0 saturated carbocycles. The maximum Gasteiger partial charge on any atom is 0.106 e. The fraction of sp³-hybridized carbons (Fsp3) is 0.417. The molecule has 0 spiro atoms. The van der Waals surface area contributed by atoms with Gasteiger partial charge in [0.2, 0.25) is 0 Å². The van der Waals surface area contributed by atoms with Crippen LogP contribution in [0.2, 0.25) is 0 Å². The lowest BCUT2D eigenvalue weighted by Crippen LogP contribution is -2.23. The summed E-state index contributed by atoms with van der Waals surface area (Å²) >= 11 is 1.61. The molecule has 0 unspecified atom stereocenters. The van der Waals surface area contributed by atoms with E-state index in [0.717, 1.165) is 34.7 Å². The Morgan fingerprint density at radius 2 is 2.29 bits per heavy atom. The number of thiazole rings is 1. The van der Waals surface area contributed by atoms with Crippen molar-refractivity contribution < 1.29 is 4.74 Å². The predicted molar refractivity (Wildman–Crippen MR) is 73.8 cm³/mol. The molecule has 0 atom stereocenters. The number of hydrogen-bond donors (Lipinski definition) is 1. The van der Waals surface area contributed by atoms with E-state index in [2.05, 4.69) is 16.0 Å². The number of hydrogen-bond acceptors (Lipinski definition) is 5. The van der Waals surface area contributed by atoms with Crippen molar-refractivity contribution >= 4 is 32.9 Å². The van der Waals surface area contributed by atoms with Crippen molar-refractivity contribution in [3.63, 3.8) is 0 Å². The molecule has 0 radical (unpaired) electrons. The van der Waals surface area contributed by atoms with Crippen molar-refractivity contribution in [1.82, 2.24) is 4.98 Å². The van der Waals surface area contributed by atoms with E-state index < -0.39 is 0 Å². The number of nitrogen functional groups attached to an aromatic ring is 1. The average Bonchev–Trinajstić information content (AvgIpc) is 2.78. The molecule has 0 aliphatic carbocycles. The van der Waals surface area contributed by atoms with Gasteiger partial charge in [0.05, 0.1) is 28.2 Å². The van der Waals surface area contributed by atoms with Crippen LogP contribution in [0.4, 0.5) is 11.4 Å². The van der Waals surface area contributed by atoms with Gasteiger partial charge in [0, 0.05) is 20.2 Å². The van der Waals surface area contributed by atoms with Gasteiger partial charge >= 0.3 is 0 Å². The Morgan fingerprint density at radius 1 is 1.47 bits per heavy atom. The van der Waals surface area contributed by atoms with E-state index in [-0.39, 0.29) is 0 Å². The first kappa shape index (κ1) is 12.1. The zero-order chi connectivity index (χ0) is 12.3. The summed E-state index contributed by atoms with van der Waals surface area (Å²) in [7, 11) is 2.02. The summed E-state index contributed by atoms with van der Waals surface area (Å²) in [6.45, 7) is 4.28. The Labute approximate surface area is 105 Å². The Kier molecular flexibility index (Phi) is 3.81. The van der Waals surface area contributed by atoms with Crippen LogP contribution in [-0.4, -0.2) is 31.8 Å². The van der Waals surface area contributed by atoms with E-state index >= 15 is 0 Å². The molecule has 4 nitrogen and oxygen atoms in total. The van der Waals surface area contributed by atoms with Gasteiger partial charge in [0.1, 0.15) is 5.52 Å². The highest BCUT2D eigenvalue weighted by Gasteiger charge is 2.10. The molecule has 0 bridgehead atoms. The molecule has 1 aromatic heterocycles. The third-order valence-electron chi connectivity index (χ3n) is 2.70. The number of aromatic nitrogens is 1. The molecule has 0 saturated heterocycles. The minimum atomic E-state index is 0.710. The van der Waals surface area contributed by atoms with Gasteiger partial charge in [0.15, 0.2) is 0 Å². The Hall–Kier alpha value is -1.33. The van der Waals surface area contributed by atoms with Crippen LogP contribution < -0.4 is 10.6 Å². The van der Waals surface area contributed by atoms with E-state index in [0.29, 0.717) is 6.61 Å². The number of nitrogens with zero attached hydrogens (tertiary/aromatic N) is 2. The first-order chi connectivity index (χ1) is 8.24. The molecule has 0 fully saturated rings. The quantitative estimate of drug-likeness (QED) is 0.654. The molecule has 1 heterocycles. The van der Waals surface area contributed by atoms with Gasteiger partial charge in [-0.2, -0.15) is 0 Å². The number of ether oxygens (including phenoxy) is 1. The summed E-state index contributed by atoms with van der Waals surface area (Å²) in [5.74, 6) is 0. The molecular weight excluding hydrogens is 234 g/mol. The molecule has 1 aromatic carbocycles. The van der Waals surface area contributed by atoms with E-state index in [9.17, 15) is 0 Å². The summed E-state index contributed by atoms with van der Waals surface area (Å²) in [5, 5.41) is 0. The Balaban J connectivity index is 2.19. The summed E-state index contributed by atoms with van der Waals surface area (Å²) in [4.78, 5) is 6.39. The molecule has 2 N–H and O–H groups in total. The second-order valence-corrected chi connectivity index (χ2v) is 4.70. The lowest BCUT2D eigenvalue weighted by atomic mass is 10.2. The number of benzene rings is 1. The number of nitrogens with two attached hydrogens (primary N) is 1. The monoisotopic (exact) mass is 251 g/mol. The van der Waals surface area contributed by atoms with Crippen LogP contribution in [0.1, 0.15) is 6.92 Å². The van der Waals surface area contributed by atoms with Crippen LogP contribution in [0.15, 0.2) is 17.6 Å². The lowest BCUT2D eigenvalue weighted by Gasteiger charge is -2.20. The smallest absolute Gasteiger partial charge is 0.106 e. The van der Waals surface area contributed by atoms with Crippen molar-refractivity contribution in [2.24, 2.45) is 0 Å². The van der Waals surface area contributed by atoms with Gasteiger partial charge in [-0.1, -0.05) is 0 Å². The van der Waals surface area contributed by atoms with Gasteiger partial charge in [-0.05, 0) is 19.1 Å². The van der Waals surface area contributed by atoms with Gasteiger partial charge in [-0.3, -0.25) is 0 Å². The molecule has 0 amide bonds. The highest BCUT2D eigenvalue weighted by atomic mass is 32.1. The van der Waals surface area contributed by atoms with Crippen LogP contribution in [0.25, 0.3) is 10.2 Å². The summed E-state index contributed by atoms with van der Waals surface area (Å²) in [6, 6.07) is 4.11. The third-order valence-corrected chi connectivity index (χ3v) is 3.50. The topological polar surface area (TPSA) is 51.4 Å². The van der Waals surface area contributed by atoms with Crippen molar-refractivity contribution in [2.75, 3.05) is 37.4 Å². The zero-order valence-corrected chi connectivity index (χ0v) is 11.0. The highest BCUT2D eigenvalue weighted by molar-refractivity contribution is 7.16. The van der Waals surface area contributed by atoms with Crippen LogP contribution in [-0.2, 0) is 4.74 Å². The first-order valence-electron chi connectivity index (χ1n) is 5.64. The van der Waals surface area contributed by atoms with Gasteiger partial charge < -0.3 is 15.4 Å². The molecule has 92 valence electrons. The Bertz CT molecular complexity index is 497. The summed E-state index contributed by atoms with van der Waals surface area (Å²) in [5.41, 5.74) is 10.6. The summed E-state index contributed by atoms with van der Waals surface area (Å²) in [6.07, 6.45) is 0. The number of anilines is 2. The normalized spacial score (nSPS) is 10.9. The maximum absolute atomic E-state index is 6.13. The van der Waals surface area contributed by atoms with Crippen molar-refractivity contribution in [3.05, 3.63) is 17.6 Å². The second kappa shape index (κ2) is 5.33. The van der Waals surface area contributed by atoms with Crippen LogP contribution in [0.3, 0.4) is 0 Å². The Morgan fingerprint density at radius 3 is 3.06 bits per heavy atom. The highest BCUT2D eigenvalue weighted by Crippen LogP contribution is 2.31. The van der Waals surface area contributed by atoms with Crippen LogP contribution in [0, 0.1) is 0 Å². The lowest BCUT2D eigenvalue weighted by molar-refractivity contribution is 0.154. The van der Waals surface area contributed by atoms with E-state index in [1.807, 2.05) is 25.5 Å². The molecule has 0 aliphatic rings. The average molecular weight is 251 g/mol. The van der Waals surface area contributed by atoms with E-state index in [1.54, 1.807) is 11.3 Å². The molecule has 17 heavy (non-hydrogen) atoms. The van der Waals surface area contributed by atoms with Crippen molar-refractivity contribution in [2.45, 2.75) is 6.92 Å². The predicted octanol–water partition coefficient (Wildman–Crippen LogP) is 2.35. The molecule has 2 aromatic rings. The fourth-order valence-corrected chi connectivity index (χ4v) is 2.43. The number of fused-ring (bicyclic) bond motifs is 1. The third kappa shape index (κ3) is 2.50. The van der Waals surface area contributed by atoms with Gasteiger partial charge in [-0.15, -0.1) is 11.3 Å². The van der Waals surface area contributed by atoms with Gasteiger partial charge in [0.25, 0.3) is 0 Å². The molecular formula is C12H17N3OS. The largest absolute Gasteiger partial charge is 0.395 e. The molecule has 2 rings (SSSR count). The molecule has 0 aliphatic heterocycles. The SMILES string of the molecule is CCOCCN(C)c1ccc2scnc2c1N. The minimum absolute atomic E-state index is 0.710.